The first-order chi connectivity index (χ1) is 11.5. The molecule has 1 saturated heterocycles. The van der Waals surface area contributed by atoms with Crippen molar-refractivity contribution in [3.8, 4) is 0 Å². The molecule has 0 atom stereocenters. The summed E-state index contributed by atoms with van der Waals surface area (Å²) in [5.41, 5.74) is 0.505. The van der Waals surface area contributed by atoms with Crippen LogP contribution in [-0.2, 0) is 4.79 Å². The molecule has 2 heterocycles. The average Bonchev–Trinajstić information content (AvgIpc) is 2.55. The van der Waals surface area contributed by atoms with Crippen molar-refractivity contribution < 1.29 is 9.59 Å². The lowest BCUT2D eigenvalue weighted by atomic mass is 10.1. The average molecular weight is 353 g/mol. The van der Waals surface area contributed by atoms with Gasteiger partial charge in [-0.2, -0.15) is 0 Å². The Balaban J connectivity index is 1.89. The van der Waals surface area contributed by atoms with E-state index in [4.69, 9.17) is 11.6 Å². The van der Waals surface area contributed by atoms with Crippen LogP contribution >= 0.6 is 11.6 Å². The minimum Gasteiger partial charge on any atom is -0.368 e. The third-order valence-corrected chi connectivity index (χ3v) is 4.11. The molecule has 0 aliphatic carbocycles. The largest absolute Gasteiger partial charge is 0.368 e. The van der Waals surface area contributed by atoms with E-state index >= 15 is 0 Å². The number of carbonyl (C=O) groups excluding carboxylic acids is 2. The number of rotatable bonds is 6. The Labute approximate surface area is 148 Å². The molecule has 132 valence electrons. The lowest BCUT2D eigenvalue weighted by molar-refractivity contribution is -0.121. The highest BCUT2D eigenvalue weighted by molar-refractivity contribution is 6.33. The molecular weight excluding hydrogens is 328 g/mol. The second-order valence-corrected chi connectivity index (χ2v) is 6.71. The standard InChI is InChI=1S/C17H25ClN4O2/c1-12(2)21-15(23)6-7-19-16-14(18)10-13(11-20-16)17(24)22-8-4-3-5-9-22/h10-12H,3-9H2,1-2H3,(H,19,20)(H,21,23). The molecular formula is C17H25ClN4O2. The zero-order valence-corrected chi connectivity index (χ0v) is 15.0. The van der Waals surface area contributed by atoms with E-state index < -0.39 is 0 Å². The van der Waals surface area contributed by atoms with Gasteiger partial charge in [0.2, 0.25) is 5.91 Å². The van der Waals surface area contributed by atoms with Gasteiger partial charge < -0.3 is 15.5 Å². The van der Waals surface area contributed by atoms with Crippen LogP contribution in [0.3, 0.4) is 0 Å². The molecule has 1 aromatic rings. The number of piperidine rings is 1. The summed E-state index contributed by atoms with van der Waals surface area (Å²) < 4.78 is 0. The summed E-state index contributed by atoms with van der Waals surface area (Å²) in [4.78, 5) is 30.1. The molecule has 1 fully saturated rings. The zero-order chi connectivity index (χ0) is 17.5. The molecule has 0 unspecified atom stereocenters. The normalized spacial score (nSPS) is 14.6. The highest BCUT2D eigenvalue weighted by Crippen LogP contribution is 2.22. The predicted molar refractivity (Wildman–Crippen MR) is 95.4 cm³/mol. The van der Waals surface area contributed by atoms with Gasteiger partial charge in [-0.1, -0.05) is 11.6 Å². The first-order valence-electron chi connectivity index (χ1n) is 8.45. The number of amides is 2. The van der Waals surface area contributed by atoms with Crippen LogP contribution in [0.2, 0.25) is 5.02 Å². The molecule has 6 nitrogen and oxygen atoms in total. The van der Waals surface area contributed by atoms with Gasteiger partial charge in [0.1, 0.15) is 5.82 Å². The number of carbonyl (C=O) groups is 2. The summed E-state index contributed by atoms with van der Waals surface area (Å²) in [6.07, 6.45) is 5.15. The van der Waals surface area contributed by atoms with E-state index in [-0.39, 0.29) is 17.9 Å². The van der Waals surface area contributed by atoms with E-state index in [1.54, 1.807) is 12.3 Å². The predicted octanol–water partition coefficient (Wildman–Crippen LogP) is 2.69. The molecule has 24 heavy (non-hydrogen) atoms. The van der Waals surface area contributed by atoms with E-state index in [0.717, 1.165) is 25.9 Å². The fourth-order valence-electron chi connectivity index (χ4n) is 2.65. The maximum atomic E-state index is 12.4. The Morgan fingerprint density at radius 2 is 2.00 bits per heavy atom. The van der Waals surface area contributed by atoms with E-state index in [1.165, 1.54) is 6.42 Å². The first-order valence-corrected chi connectivity index (χ1v) is 8.83. The van der Waals surface area contributed by atoms with Crippen molar-refractivity contribution in [3.63, 3.8) is 0 Å². The van der Waals surface area contributed by atoms with Crippen molar-refractivity contribution in [1.29, 1.82) is 0 Å². The Kier molecular flexibility index (Phi) is 6.85. The van der Waals surface area contributed by atoms with Gasteiger partial charge in [-0.25, -0.2) is 4.98 Å². The summed E-state index contributed by atoms with van der Waals surface area (Å²) in [7, 11) is 0. The number of nitrogens with zero attached hydrogens (tertiary/aromatic N) is 2. The van der Waals surface area contributed by atoms with Crippen LogP contribution in [0.4, 0.5) is 5.82 Å². The molecule has 0 radical (unpaired) electrons. The molecule has 0 bridgehead atoms. The van der Waals surface area contributed by atoms with E-state index in [1.807, 2.05) is 18.7 Å². The van der Waals surface area contributed by atoms with Gasteiger partial charge in [0, 0.05) is 38.3 Å². The van der Waals surface area contributed by atoms with Crippen LogP contribution in [-0.4, -0.2) is 47.4 Å². The zero-order valence-electron chi connectivity index (χ0n) is 14.3. The Bertz CT molecular complexity index is 586. The number of pyridine rings is 1. The third kappa shape index (κ3) is 5.37. The molecule has 0 aromatic carbocycles. The molecule has 1 aromatic heterocycles. The van der Waals surface area contributed by atoms with Crippen molar-refractivity contribution in [2.45, 2.75) is 45.6 Å². The minimum absolute atomic E-state index is 0.0213. The van der Waals surface area contributed by atoms with E-state index in [2.05, 4.69) is 15.6 Å². The number of anilines is 1. The van der Waals surface area contributed by atoms with Gasteiger partial charge in [-0.05, 0) is 39.2 Å². The molecule has 2 N–H and O–H groups in total. The summed E-state index contributed by atoms with van der Waals surface area (Å²) >= 11 is 6.22. The number of halogens is 1. The van der Waals surface area contributed by atoms with Gasteiger partial charge in [0.25, 0.3) is 5.91 Å². The van der Waals surface area contributed by atoms with Crippen LogP contribution in [0, 0.1) is 0 Å². The number of nitrogens with one attached hydrogen (secondary N) is 2. The number of likely N-dealkylation sites (tertiary alicyclic amines) is 1. The van der Waals surface area contributed by atoms with Crippen molar-refractivity contribution in [1.82, 2.24) is 15.2 Å². The van der Waals surface area contributed by atoms with Gasteiger partial charge >= 0.3 is 0 Å². The monoisotopic (exact) mass is 352 g/mol. The van der Waals surface area contributed by atoms with Crippen molar-refractivity contribution >= 4 is 29.2 Å². The smallest absolute Gasteiger partial charge is 0.255 e. The number of aromatic nitrogens is 1. The fourth-order valence-corrected chi connectivity index (χ4v) is 2.89. The quantitative estimate of drug-likeness (QED) is 0.825. The SMILES string of the molecule is CC(C)NC(=O)CCNc1ncc(C(=O)N2CCCCC2)cc1Cl. The van der Waals surface area contributed by atoms with Gasteiger partial charge in [-0.15, -0.1) is 0 Å². The van der Waals surface area contributed by atoms with Crippen molar-refractivity contribution in [3.05, 3.63) is 22.8 Å². The summed E-state index contributed by atoms with van der Waals surface area (Å²) in [6, 6.07) is 1.77. The summed E-state index contributed by atoms with van der Waals surface area (Å²) in [5.74, 6) is 0.446. The Hall–Kier alpha value is -1.82. The van der Waals surface area contributed by atoms with Crippen LogP contribution < -0.4 is 10.6 Å². The van der Waals surface area contributed by atoms with Crippen LogP contribution in [0.1, 0.15) is 49.9 Å². The Morgan fingerprint density at radius 1 is 1.29 bits per heavy atom. The highest BCUT2D eigenvalue weighted by atomic mass is 35.5. The second kappa shape index (κ2) is 8.87. The molecule has 7 heteroatoms. The molecule has 0 spiro atoms. The van der Waals surface area contributed by atoms with E-state index in [9.17, 15) is 9.59 Å². The molecule has 0 saturated carbocycles. The number of hydrogen-bond acceptors (Lipinski definition) is 4. The van der Waals surface area contributed by atoms with Gasteiger partial charge in [0.05, 0.1) is 10.6 Å². The lowest BCUT2D eigenvalue weighted by Gasteiger charge is -2.26. The minimum atomic E-state index is -0.0227. The van der Waals surface area contributed by atoms with Gasteiger partial charge in [0.15, 0.2) is 0 Å². The van der Waals surface area contributed by atoms with Crippen molar-refractivity contribution in [2.75, 3.05) is 25.0 Å². The topological polar surface area (TPSA) is 74.3 Å². The molecule has 2 rings (SSSR count). The van der Waals surface area contributed by atoms with Crippen LogP contribution in [0.25, 0.3) is 0 Å². The molecule has 1 aliphatic heterocycles. The lowest BCUT2D eigenvalue weighted by Crippen LogP contribution is -2.35. The molecule has 1 aliphatic rings. The fraction of sp³-hybridized carbons (Fsp3) is 0.588. The van der Waals surface area contributed by atoms with E-state index in [0.29, 0.717) is 29.4 Å². The number of hydrogen-bond donors (Lipinski definition) is 2. The highest BCUT2D eigenvalue weighted by Gasteiger charge is 2.19. The summed E-state index contributed by atoms with van der Waals surface area (Å²) in [5, 5.41) is 6.25. The maximum Gasteiger partial charge on any atom is 0.255 e. The molecule has 2 amide bonds. The van der Waals surface area contributed by atoms with Crippen LogP contribution in [0.5, 0.6) is 0 Å². The first kappa shape index (κ1) is 18.5. The third-order valence-electron chi connectivity index (χ3n) is 3.83. The van der Waals surface area contributed by atoms with Crippen LogP contribution in [0.15, 0.2) is 12.3 Å². The Morgan fingerprint density at radius 3 is 2.62 bits per heavy atom. The summed E-state index contributed by atoms with van der Waals surface area (Å²) in [6.45, 7) is 5.86. The van der Waals surface area contributed by atoms with Gasteiger partial charge in [-0.3, -0.25) is 9.59 Å². The second-order valence-electron chi connectivity index (χ2n) is 6.31. The van der Waals surface area contributed by atoms with Crippen molar-refractivity contribution in [2.24, 2.45) is 0 Å². The maximum absolute atomic E-state index is 12.4.